The van der Waals surface area contributed by atoms with Crippen molar-refractivity contribution in [3.63, 3.8) is 0 Å². The standard InChI is InChI=1S/C10H17NO/c1-5-8-7-11(6-2)9(12)10(8,3)4/h6,8H,2,5,7H2,1,3-4H3. The summed E-state index contributed by atoms with van der Waals surface area (Å²) in [6.45, 7) is 10.6. The van der Waals surface area contributed by atoms with Crippen LogP contribution in [0.1, 0.15) is 27.2 Å². The molecular formula is C10H17NO. The van der Waals surface area contributed by atoms with Crippen LogP contribution in [0.5, 0.6) is 0 Å². The van der Waals surface area contributed by atoms with Crippen molar-refractivity contribution in [2.45, 2.75) is 27.2 Å². The van der Waals surface area contributed by atoms with Crippen molar-refractivity contribution in [1.82, 2.24) is 4.90 Å². The molecule has 0 radical (unpaired) electrons. The van der Waals surface area contributed by atoms with Gasteiger partial charge in [-0.2, -0.15) is 0 Å². The fraction of sp³-hybridized carbons (Fsp3) is 0.700. The van der Waals surface area contributed by atoms with Gasteiger partial charge in [-0.1, -0.05) is 33.8 Å². The third kappa shape index (κ3) is 1.15. The van der Waals surface area contributed by atoms with Gasteiger partial charge in [0.1, 0.15) is 0 Å². The van der Waals surface area contributed by atoms with E-state index in [1.54, 1.807) is 11.1 Å². The molecule has 2 heteroatoms. The highest BCUT2D eigenvalue weighted by atomic mass is 16.2. The Labute approximate surface area is 74.2 Å². The monoisotopic (exact) mass is 167 g/mol. The first-order valence-corrected chi connectivity index (χ1v) is 4.47. The van der Waals surface area contributed by atoms with E-state index in [4.69, 9.17) is 0 Å². The van der Waals surface area contributed by atoms with Crippen LogP contribution < -0.4 is 0 Å². The van der Waals surface area contributed by atoms with Gasteiger partial charge in [0.15, 0.2) is 0 Å². The zero-order chi connectivity index (χ0) is 9.35. The third-order valence-corrected chi connectivity index (χ3v) is 2.96. The number of amides is 1. The van der Waals surface area contributed by atoms with Gasteiger partial charge in [-0.3, -0.25) is 4.79 Å². The van der Waals surface area contributed by atoms with Crippen LogP contribution in [0.15, 0.2) is 12.8 Å². The van der Waals surface area contributed by atoms with E-state index in [2.05, 4.69) is 13.5 Å². The van der Waals surface area contributed by atoms with Gasteiger partial charge in [-0.25, -0.2) is 0 Å². The average Bonchev–Trinajstić information content (AvgIpc) is 2.25. The quantitative estimate of drug-likeness (QED) is 0.616. The van der Waals surface area contributed by atoms with E-state index in [1.165, 1.54) is 0 Å². The van der Waals surface area contributed by atoms with Crippen molar-refractivity contribution in [1.29, 1.82) is 0 Å². The minimum atomic E-state index is -0.192. The maximum atomic E-state index is 11.7. The van der Waals surface area contributed by atoms with Crippen LogP contribution in [-0.4, -0.2) is 17.4 Å². The molecule has 68 valence electrons. The van der Waals surface area contributed by atoms with Gasteiger partial charge in [0.05, 0.1) is 0 Å². The summed E-state index contributed by atoms with van der Waals surface area (Å²) in [7, 11) is 0. The number of carbonyl (C=O) groups excluding carboxylic acids is 1. The second-order valence-electron chi connectivity index (χ2n) is 3.97. The fourth-order valence-electron chi connectivity index (χ4n) is 1.89. The Morgan fingerprint density at radius 2 is 2.33 bits per heavy atom. The van der Waals surface area contributed by atoms with Crippen LogP contribution in [0.3, 0.4) is 0 Å². The number of nitrogens with zero attached hydrogens (tertiary/aromatic N) is 1. The summed E-state index contributed by atoms with van der Waals surface area (Å²) < 4.78 is 0. The second-order valence-corrected chi connectivity index (χ2v) is 3.97. The van der Waals surface area contributed by atoms with Gasteiger partial charge in [0.25, 0.3) is 0 Å². The number of rotatable bonds is 2. The number of hydrogen-bond acceptors (Lipinski definition) is 1. The maximum Gasteiger partial charge on any atom is 0.232 e. The molecule has 0 bridgehead atoms. The van der Waals surface area contributed by atoms with Crippen molar-refractivity contribution in [2.75, 3.05) is 6.54 Å². The van der Waals surface area contributed by atoms with Gasteiger partial charge in [0.2, 0.25) is 5.91 Å². The third-order valence-electron chi connectivity index (χ3n) is 2.96. The van der Waals surface area contributed by atoms with Gasteiger partial charge in [0, 0.05) is 12.0 Å². The van der Waals surface area contributed by atoms with E-state index in [9.17, 15) is 4.79 Å². The minimum Gasteiger partial charge on any atom is -0.319 e. The highest BCUT2D eigenvalue weighted by Crippen LogP contribution is 2.38. The lowest BCUT2D eigenvalue weighted by Gasteiger charge is -2.21. The zero-order valence-corrected chi connectivity index (χ0v) is 8.13. The average molecular weight is 167 g/mol. The zero-order valence-electron chi connectivity index (χ0n) is 8.13. The Bertz CT molecular complexity index is 208. The molecular weight excluding hydrogens is 150 g/mol. The van der Waals surface area contributed by atoms with E-state index in [1.807, 2.05) is 13.8 Å². The van der Waals surface area contributed by atoms with E-state index < -0.39 is 0 Å². The molecule has 2 nitrogen and oxygen atoms in total. The molecule has 0 saturated carbocycles. The van der Waals surface area contributed by atoms with Gasteiger partial charge >= 0.3 is 0 Å². The predicted molar refractivity (Wildman–Crippen MR) is 49.5 cm³/mol. The summed E-state index contributed by atoms with van der Waals surface area (Å²) in [5, 5.41) is 0. The minimum absolute atomic E-state index is 0.192. The molecule has 0 aromatic rings. The normalized spacial score (nSPS) is 27.8. The van der Waals surface area contributed by atoms with Crippen LogP contribution in [0, 0.1) is 11.3 Å². The molecule has 1 aliphatic rings. The molecule has 12 heavy (non-hydrogen) atoms. The fourth-order valence-corrected chi connectivity index (χ4v) is 1.89. The molecule has 0 aliphatic carbocycles. The number of hydrogen-bond donors (Lipinski definition) is 0. The molecule has 1 heterocycles. The second kappa shape index (κ2) is 2.92. The summed E-state index contributed by atoms with van der Waals surface area (Å²) in [6, 6.07) is 0. The highest BCUT2D eigenvalue weighted by molar-refractivity contribution is 5.85. The molecule has 0 aromatic heterocycles. The number of likely N-dealkylation sites (tertiary alicyclic amines) is 1. The van der Waals surface area contributed by atoms with Crippen LogP contribution in [0.2, 0.25) is 0 Å². The predicted octanol–water partition coefficient (Wildman–Crippen LogP) is 2.02. The molecule has 1 fully saturated rings. The first-order valence-electron chi connectivity index (χ1n) is 4.47. The van der Waals surface area contributed by atoms with Gasteiger partial charge < -0.3 is 4.90 Å². The first kappa shape index (κ1) is 9.30. The lowest BCUT2D eigenvalue weighted by molar-refractivity contribution is -0.133. The summed E-state index contributed by atoms with van der Waals surface area (Å²) in [5.41, 5.74) is -0.192. The molecule has 0 spiro atoms. The van der Waals surface area contributed by atoms with Crippen molar-refractivity contribution < 1.29 is 4.79 Å². The largest absolute Gasteiger partial charge is 0.319 e. The summed E-state index contributed by atoms with van der Waals surface area (Å²) in [4.78, 5) is 13.4. The first-order chi connectivity index (χ1) is 5.54. The maximum absolute atomic E-state index is 11.7. The van der Waals surface area contributed by atoms with Crippen LogP contribution in [0.25, 0.3) is 0 Å². The molecule has 1 saturated heterocycles. The van der Waals surface area contributed by atoms with Crippen molar-refractivity contribution >= 4 is 5.91 Å². The topological polar surface area (TPSA) is 20.3 Å². The van der Waals surface area contributed by atoms with E-state index in [-0.39, 0.29) is 11.3 Å². The lowest BCUT2D eigenvalue weighted by Crippen LogP contribution is -2.28. The lowest BCUT2D eigenvalue weighted by atomic mass is 9.80. The van der Waals surface area contributed by atoms with Crippen molar-refractivity contribution in [2.24, 2.45) is 11.3 Å². The summed E-state index contributed by atoms with van der Waals surface area (Å²) >= 11 is 0. The number of carbonyl (C=O) groups is 1. The summed E-state index contributed by atoms with van der Waals surface area (Å²) in [6.07, 6.45) is 2.70. The molecule has 1 unspecified atom stereocenters. The smallest absolute Gasteiger partial charge is 0.232 e. The Balaban J connectivity index is 2.87. The van der Waals surface area contributed by atoms with E-state index in [0.29, 0.717) is 5.92 Å². The Kier molecular flexibility index (Phi) is 2.27. The van der Waals surface area contributed by atoms with Crippen molar-refractivity contribution in [3.05, 3.63) is 12.8 Å². The van der Waals surface area contributed by atoms with Gasteiger partial charge in [-0.05, 0) is 12.1 Å². The Morgan fingerprint density at radius 3 is 2.58 bits per heavy atom. The molecule has 1 amide bonds. The van der Waals surface area contributed by atoms with Crippen molar-refractivity contribution in [3.8, 4) is 0 Å². The van der Waals surface area contributed by atoms with Crippen LogP contribution >= 0.6 is 0 Å². The highest BCUT2D eigenvalue weighted by Gasteiger charge is 2.44. The van der Waals surface area contributed by atoms with E-state index in [0.717, 1.165) is 13.0 Å². The van der Waals surface area contributed by atoms with Gasteiger partial charge in [-0.15, -0.1) is 0 Å². The van der Waals surface area contributed by atoms with Crippen LogP contribution in [0.4, 0.5) is 0 Å². The molecule has 0 N–H and O–H groups in total. The Hall–Kier alpha value is -0.790. The van der Waals surface area contributed by atoms with E-state index >= 15 is 0 Å². The summed E-state index contributed by atoms with van der Waals surface area (Å²) in [5.74, 6) is 0.687. The molecule has 1 aliphatic heterocycles. The molecule has 1 atom stereocenters. The Morgan fingerprint density at radius 1 is 1.75 bits per heavy atom. The van der Waals surface area contributed by atoms with Crippen LogP contribution in [-0.2, 0) is 4.79 Å². The molecule has 0 aromatic carbocycles. The molecule has 1 rings (SSSR count). The SMILES string of the molecule is C=CN1CC(CC)C(C)(C)C1=O.